The molecule has 3 atom stereocenters. The number of carboxylic acids is 4. The molecule has 6 N–H and O–H groups in total. The third kappa shape index (κ3) is 11.4. The van der Waals surface area contributed by atoms with Crippen molar-refractivity contribution in [1.29, 1.82) is 0 Å². The van der Waals surface area contributed by atoms with Crippen LogP contribution in [0.3, 0.4) is 0 Å². The van der Waals surface area contributed by atoms with E-state index in [1.807, 2.05) is 0 Å². The molecular formula is C17H24N2O11. The Morgan fingerprint density at radius 3 is 1.63 bits per heavy atom. The average Bonchev–Trinajstić information content (AvgIpc) is 2.64. The molecule has 0 aromatic carbocycles. The van der Waals surface area contributed by atoms with E-state index in [-0.39, 0.29) is 25.7 Å². The fourth-order valence-electron chi connectivity index (χ4n) is 2.49. The Bertz CT molecular complexity index is 677. The van der Waals surface area contributed by atoms with Gasteiger partial charge in [0.1, 0.15) is 6.04 Å². The molecule has 0 aromatic heterocycles. The molecule has 0 rings (SSSR count). The summed E-state index contributed by atoms with van der Waals surface area (Å²) in [5.41, 5.74) is 0. The van der Waals surface area contributed by atoms with Gasteiger partial charge < -0.3 is 31.1 Å². The maximum Gasteiger partial charge on any atom is 0.306 e. The summed E-state index contributed by atoms with van der Waals surface area (Å²) in [5, 5.41) is 39.7. The van der Waals surface area contributed by atoms with Crippen molar-refractivity contribution < 1.29 is 54.0 Å². The SMILES string of the molecule is O=CN[C@@H](CCC(=O)O)C(=O)N[C@@H](CCC(=O)O)C(=O)C[C@@H](CCC(=O)O)C(=O)O. The van der Waals surface area contributed by atoms with E-state index in [4.69, 9.17) is 20.4 Å². The van der Waals surface area contributed by atoms with Gasteiger partial charge in [-0.05, 0) is 19.3 Å². The number of hydrogen-bond acceptors (Lipinski definition) is 7. The average molecular weight is 432 g/mol. The Hall–Kier alpha value is -3.51. The zero-order valence-corrected chi connectivity index (χ0v) is 15.9. The minimum absolute atomic E-state index is 0.159. The number of hydrogen-bond donors (Lipinski definition) is 6. The van der Waals surface area contributed by atoms with Gasteiger partial charge in [-0.15, -0.1) is 0 Å². The van der Waals surface area contributed by atoms with Crippen molar-refractivity contribution in [3.05, 3.63) is 0 Å². The number of rotatable bonds is 17. The Balaban J connectivity index is 5.31. The smallest absolute Gasteiger partial charge is 0.306 e. The van der Waals surface area contributed by atoms with E-state index < -0.39 is 79.3 Å². The molecule has 0 heterocycles. The number of aliphatic carboxylic acids is 4. The second-order valence-electron chi connectivity index (χ2n) is 6.40. The van der Waals surface area contributed by atoms with Gasteiger partial charge >= 0.3 is 23.9 Å². The Morgan fingerprint density at radius 2 is 1.20 bits per heavy atom. The predicted molar refractivity (Wildman–Crippen MR) is 96.3 cm³/mol. The highest BCUT2D eigenvalue weighted by Gasteiger charge is 2.30. The molecule has 30 heavy (non-hydrogen) atoms. The van der Waals surface area contributed by atoms with Gasteiger partial charge in [-0.3, -0.25) is 33.6 Å². The monoisotopic (exact) mass is 432 g/mol. The number of carbonyl (C=O) groups excluding carboxylic acids is 3. The third-order valence-corrected chi connectivity index (χ3v) is 4.09. The van der Waals surface area contributed by atoms with Crippen LogP contribution in [0, 0.1) is 5.92 Å². The first-order chi connectivity index (χ1) is 14.0. The molecule has 0 aliphatic carbocycles. The zero-order valence-electron chi connectivity index (χ0n) is 15.9. The first kappa shape index (κ1) is 26.5. The largest absolute Gasteiger partial charge is 0.481 e. The molecule has 168 valence electrons. The molecule has 0 spiro atoms. The summed E-state index contributed by atoms with van der Waals surface area (Å²) in [4.78, 5) is 78.9. The molecule has 0 saturated heterocycles. The molecule has 0 radical (unpaired) electrons. The molecule has 13 nitrogen and oxygen atoms in total. The second kappa shape index (κ2) is 13.6. The number of ketones is 1. The minimum atomic E-state index is -1.42. The highest BCUT2D eigenvalue weighted by Crippen LogP contribution is 2.15. The van der Waals surface area contributed by atoms with Crippen molar-refractivity contribution in [2.75, 3.05) is 0 Å². The number of nitrogens with one attached hydrogen (secondary N) is 2. The molecular weight excluding hydrogens is 408 g/mol. The lowest BCUT2D eigenvalue weighted by atomic mass is 9.92. The van der Waals surface area contributed by atoms with Crippen LogP contribution in [-0.2, 0) is 33.6 Å². The van der Waals surface area contributed by atoms with Gasteiger partial charge in [-0.1, -0.05) is 0 Å². The standard InChI is InChI=1S/C17H24N2O11/c20-8-18-11(3-6-15(26)27)16(28)19-10(2-5-14(24)25)12(21)7-9(17(29)30)1-4-13(22)23/h8-11H,1-7H2,(H,18,20)(H,19,28)(H,22,23)(H,24,25)(H,26,27)(H,29,30)/t9-,10+,11+/m1/s1. The lowest BCUT2D eigenvalue weighted by Gasteiger charge is -2.22. The van der Waals surface area contributed by atoms with E-state index in [2.05, 4.69) is 10.6 Å². The predicted octanol–water partition coefficient (Wildman–Crippen LogP) is -1.16. The summed E-state index contributed by atoms with van der Waals surface area (Å²) < 4.78 is 0. The number of carbonyl (C=O) groups is 7. The summed E-state index contributed by atoms with van der Waals surface area (Å²) in [7, 11) is 0. The van der Waals surface area contributed by atoms with Crippen LogP contribution in [0.2, 0.25) is 0 Å². The summed E-state index contributed by atoms with van der Waals surface area (Å²) in [6.07, 6.45) is -3.01. The number of amides is 2. The Morgan fingerprint density at radius 1 is 0.733 bits per heavy atom. The summed E-state index contributed by atoms with van der Waals surface area (Å²) in [6.45, 7) is 0. The van der Waals surface area contributed by atoms with Crippen LogP contribution in [-0.4, -0.2) is 74.5 Å². The fourth-order valence-corrected chi connectivity index (χ4v) is 2.49. The first-order valence-corrected chi connectivity index (χ1v) is 8.88. The van der Waals surface area contributed by atoms with E-state index in [0.29, 0.717) is 0 Å². The third-order valence-electron chi connectivity index (χ3n) is 4.09. The summed E-state index contributed by atoms with van der Waals surface area (Å²) in [5.74, 6) is -8.32. The minimum Gasteiger partial charge on any atom is -0.481 e. The highest BCUT2D eigenvalue weighted by atomic mass is 16.4. The normalized spacial score (nSPS) is 13.3. The molecule has 0 fully saturated rings. The highest BCUT2D eigenvalue weighted by molar-refractivity contribution is 5.93. The van der Waals surface area contributed by atoms with Crippen LogP contribution < -0.4 is 10.6 Å². The number of carboxylic acid groups (broad SMARTS) is 4. The van der Waals surface area contributed by atoms with Gasteiger partial charge in [0, 0.05) is 25.7 Å². The van der Waals surface area contributed by atoms with E-state index >= 15 is 0 Å². The zero-order chi connectivity index (χ0) is 23.3. The van der Waals surface area contributed by atoms with Crippen molar-refractivity contribution in [1.82, 2.24) is 10.6 Å². The van der Waals surface area contributed by atoms with Crippen molar-refractivity contribution in [3.63, 3.8) is 0 Å². The fraction of sp³-hybridized carbons (Fsp3) is 0.588. The van der Waals surface area contributed by atoms with Crippen LogP contribution in [0.5, 0.6) is 0 Å². The Labute approximate surface area is 170 Å². The first-order valence-electron chi connectivity index (χ1n) is 8.88. The molecule has 0 aliphatic heterocycles. The lowest BCUT2D eigenvalue weighted by Crippen LogP contribution is -2.50. The van der Waals surface area contributed by atoms with E-state index in [9.17, 15) is 33.6 Å². The molecule has 0 aliphatic rings. The van der Waals surface area contributed by atoms with Crippen LogP contribution in [0.25, 0.3) is 0 Å². The van der Waals surface area contributed by atoms with Crippen LogP contribution in [0.15, 0.2) is 0 Å². The van der Waals surface area contributed by atoms with Gasteiger partial charge in [-0.25, -0.2) is 0 Å². The van der Waals surface area contributed by atoms with Crippen LogP contribution >= 0.6 is 0 Å². The van der Waals surface area contributed by atoms with Crippen LogP contribution in [0.4, 0.5) is 0 Å². The van der Waals surface area contributed by atoms with Crippen molar-refractivity contribution >= 4 is 42.0 Å². The molecule has 0 unspecified atom stereocenters. The lowest BCUT2D eigenvalue weighted by molar-refractivity contribution is -0.145. The van der Waals surface area contributed by atoms with Gasteiger partial charge in [0.25, 0.3) is 0 Å². The number of Topliss-reactive ketones (excluding diaryl/α,β-unsaturated/α-hetero) is 1. The molecule has 13 heteroatoms. The van der Waals surface area contributed by atoms with Crippen molar-refractivity contribution in [3.8, 4) is 0 Å². The van der Waals surface area contributed by atoms with Crippen molar-refractivity contribution in [2.24, 2.45) is 5.92 Å². The van der Waals surface area contributed by atoms with E-state index in [0.717, 1.165) is 0 Å². The van der Waals surface area contributed by atoms with E-state index in [1.54, 1.807) is 0 Å². The topological polar surface area (TPSA) is 224 Å². The van der Waals surface area contributed by atoms with Crippen molar-refractivity contribution in [2.45, 2.75) is 57.0 Å². The maximum absolute atomic E-state index is 12.5. The molecule has 2 amide bonds. The summed E-state index contributed by atoms with van der Waals surface area (Å²) >= 11 is 0. The van der Waals surface area contributed by atoms with E-state index in [1.165, 1.54) is 0 Å². The maximum atomic E-state index is 12.5. The molecule has 0 bridgehead atoms. The van der Waals surface area contributed by atoms with Crippen LogP contribution in [0.1, 0.15) is 44.9 Å². The summed E-state index contributed by atoms with van der Waals surface area (Å²) in [6, 6.07) is -2.72. The Kier molecular flexibility index (Phi) is 12.0. The second-order valence-corrected chi connectivity index (χ2v) is 6.40. The van der Waals surface area contributed by atoms with Gasteiger partial charge in [-0.2, -0.15) is 0 Å². The molecule has 0 saturated carbocycles. The van der Waals surface area contributed by atoms with Gasteiger partial charge in [0.2, 0.25) is 12.3 Å². The molecule has 0 aromatic rings. The van der Waals surface area contributed by atoms with Gasteiger partial charge in [0.15, 0.2) is 5.78 Å². The van der Waals surface area contributed by atoms with Gasteiger partial charge in [0.05, 0.1) is 12.0 Å². The quantitative estimate of drug-likeness (QED) is 0.150.